The van der Waals surface area contributed by atoms with E-state index >= 15 is 0 Å². The minimum atomic E-state index is -0.999. The number of pyridine rings is 1. The van der Waals surface area contributed by atoms with E-state index in [2.05, 4.69) is 10.3 Å². The SMILES string of the molecule is CCC(CO)(CO)NC(=O)c1ccnc2ccccc12. The molecule has 20 heavy (non-hydrogen) atoms. The van der Waals surface area contributed by atoms with Crippen LogP contribution in [0.25, 0.3) is 10.9 Å². The van der Waals surface area contributed by atoms with E-state index in [1.165, 1.54) is 0 Å². The lowest BCUT2D eigenvalue weighted by Crippen LogP contribution is -2.53. The van der Waals surface area contributed by atoms with Crippen LogP contribution in [0, 0.1) is 0 Å². The van der Waals surface area contributed by atoms with Gasteiger partial charge in [0.25, 0.3) is 5.91 Å². The molecule has 0 saturated heterocycles. The Balaban J connectivity index is 2.37. The van der Waals surface area contributed by atoms with Gasteiger partial charge < -0.3 is 15.5 Å². The summed E-state index contributed by atoms with van der Waals surface area (Å²) in [6, 6.07) is 8.98. The van der Waals surface area contributed by atoms with Crippen LogP contribution in [0.15, 0.2) is 36.5 Å². The normalized spacial score (nSPS) is 11.6. The number of carbonyl (C=O) groups excluding carboxylic acids is 1. The average molecular weight is 274 g/mol. The van der Waals surface area contributed by atoms with Crippen molar-refractivity contribution in [1.29, 1.82) is 0 Å². The van der Waals surface area contributed by atoms with E-state index in [0.717, 1.165) is 10.9 Å². The number of para-hydroxylation sites is 1. The van der Waals surface area contributed by atoms with Crippen LogP contribution in [-0.2, 0) is 0 Å². The van der Waals surface area contributed by atoms with Gasteiger partial charge >= 0.3 is 0 Å². The van der Waals surface area contributed by atoms with Crippen molar-refractivity contribution in [3.05, 3.63) is 42.1 Å². The highest BCUT2D eigenvalue weighted by Crippen LogP contribution is 2.18. The lowest BCUT2D eigenvalue weighted by molar-refractivity contribution is 0.0654. The van der Waals surface area contributed by atoms with E-state index in [4.69, 9.17) is 0 Å². The second-order valence-corrected chi connectivity index (χ2v) is 4.78. The fourth-order valence-electron chi connectivity index (χ4n) is 2.04. The van der Waals surface area contributed by atoms with Crippen LogP contribution < -0.4 is 5.32 Å². The molecule has 0 aliphatic carbocycles. The average Bonchev–Trinajstić information content (AvgIpc) is 2.52. The molecule has 0 unspecified atom stereocenters. The summed E-state index contributed by atoms with van der Waals surface area (Å²) in [4.78, 5) is 16.6. The minimum absolute atomic E-state index is 0.311. The molecule has 3 N–H and O–H groups in total. The van der Waals surface area contributed by atoms with E-state index in [1.807, 2.05) is 24.3 Å². The number of nitrogens with one attached hydrogen (secondary N) is 1. The van der Waals surface area contributed by atoms with Crippen molar-refractivity contribution in [2.24, 2.45) is 0 Å². The van der Waals surface area contributed by atoms with Gasteiger partial charge in [0.1, 0.15) is 0 Å². The van der Waals surface area contributed by atoms with Gasteiger partial charge in [-0.25, -0.2) is 0 Å². The summed E-state index contributed by atoms with van der Waals surface area (Å²) < 4.78 is 0. The van der Waals surface area contributed by atoms with Gasteiger partial charge in [-0.15, -0.1) is 0 Å². The lowest BCUT2D eigenvalue weighted by Gasteiger charge is -2.29. The van der Waals surface area contributed by atoms with Crippen LogP contribution in [0.2, 0.25) is 0 Å². The molecule has 0 spiro atoms. The summed E-state index contributed by atoms with van der Waals surface area (Å²) in [7, 11) is 0. The van der Waals surface area contributed by atoms with Gasteiger partial charge in [-0.3, -0.25) is 9.78 Å². The number of benzene rings is 1. The molecule has 1 amide bonds. The molecule has 0 aliphatic rings. The number of hydrogen-bond acceptors (Lipinski definition) is 4. The maximum absolute atomic E-state index is 12.4. The molecule has 5 heteroatoms. The van der Waals surface area contributed by atoms with Crippen molar-refractivity contribution < 1.29 is 15.0 Å². The number of aromatic nitrogens is 1. The zero-order valence-electron chi connectivity index (χ0n) is 11.3. The zero-order valence-corrected chi connectivity index (χ0v) is 11.3. The number of rotatable bonds is 5. The topological polar surface area (TPSA) is 82.5 Å². The second kappa shape index (κ2) is 5.98. The van der Waals surface area contributed by atoms with Crippen molar-refractivity contribution in [2.75, 3.05) is 13.2 Å². The van der Waals surface area contributed by atoms with Crippen LogP contribution in [0.5, 0.6) is 0 Å². The van der Waals surface area contributed by atoms with E-state index in [1.54, 1.807) is 19.2 Å². The largest absolute Gasteiger partial charge is 0.394 e. The summed E-state index contributed by atoms with van der Waals surface area (Å²) in [5.74, 6) is -0.325. The molecule has 0 saturated carbocycles. The molecular formula is C15H18N2O3. The second-order valence-electron chi connectivity index (χ2n) is 4.78. The molecular weight excluding hydrogens is 256 g/mol. The van der Waals surface area contributed by atoms with Crippen LogP contribution in [0.1, 0.15) is 23.7 Å². The molecule has 0 aliphatic heterocycles. The van der Waals surface area contributed by atoms with Gasteiger partial charge in [-0.1, -0.05) is 25.1 Å². The van der Waals surface area contributed by atoms with E-state index in [-0.39, 0.29) is 19.1 Å². The van der Waals surface area contributed by atoms with Crippen LogP contribution in [0.3, 0.4) is 0 Å². The first-order valence-electron chi connectivity index (χ1n) is 6.54. The third kappa shape index (κ3) is 2.64. The Labute approximate surface area is 117 Å². The van der Waals surface area contributed by atoms with Gasteiger partial charge in [0, 0.05) is 11.6 Å². The summed E-state index contributed by atoms with van der Waals surface area (Å²) >= 11 is 0. The zero-order chi connectivity index (χ0) is 14.6. The van der Waals surface area contributed by atoms with Gasteiger partial charge in [-0.05, 0) is 18.6 Å². The summed E-state index contributed by atoms with van der Waals surface area (Å²) in [6.45, 7) is 1.18. The van der Waals surface area contributed by atoms with E-state index in [0.29, 0.717) is 12.0 Å². The van der Waals surface area contributed by atoms with Crippen molar-refractivity contribution >= 4 is 16.8 Å². The first kappa shape index (κ1) is 14.4. The minimum Gasteiger partial charge on any atom is -0.394 e. The first-order chi connectivity index (χ1) is 9.65. The molecule has 2 aromatic rings. The summed E-state index contributed by atoms with van der Waals surface area (Å²) in [6.07, 6.45) is 2.01. The summed E-state index contributed by atoms with van der Waals surface area (Å²) in [5, 5.41) is 22.3. The highest BCUT2D eigenvalue weighted by Gasteiger charge is 2.29. The molecule has 0 bridgehead atoms. The predicted molar refractivity (Wildman–Crippen MR) is 76.4 cm³/mol. The number of amides is 1. The van der Waals surface area contributed by atoms with Crippen LogP contribution in [-0.4, -0.2) is 39.9 Å². The summed E-state index contributed by atoms with van der Waals surface area (Å²) in [5.41, 5.74) is 0.215. The molecule has 1 aromatic carbocycles. The molecule has 1 aromatic heterocycles. The molecule has 0 radical (unpaired) electrons. The van der Waals surface area contributed by atoms with Crippen molar-refractivity contribution in [3.8, 4) is 0 Å². The molecule has 106 valence electrons. The quantitative estimate of drug-likeness (QED) is 0.762. The van der Waals surface area contributed by atoms with Crippen LogP contribution in [0.4, 0.5) is 0 Å². The van der Waals surface area contributed by atoms with E-state index < -0.39 is 5.54 Å². The third-order valence-electron chi connectivity index (χ3n) is 3.55. The maximum atomic E-state index is 12.4. The molecule has 1 heterocycles. The maximum Gasteiger partial charge on any atom is 0.252 e. The van der Waals surface area contributed by atoms with Gasteiger partial charge in [0.2, 0.25) is 0 Å². The Bertz CT molecular complexity index is 595. The fourth-order valence-corrected chi connectivity index (χ4v) is 2.04. The standard InChI is InChI=1S/C15H18N2O3/c1-2-15(9-18,10-19)17-14(20)12-7-8-16-13-6-4-3-5-11(12)13/h3-8,18-19H,2,9-10H2,1H3,(H,17,20). The Kier molecular flexibility index (Phi) is 4.32. The third-order valence-corrected chi connectivity index (χ3v) is 3.55. The number of carbonyl (C=O) groups is 1. The predicted octanol–water partition coefficient (Wildman–Crippen LogP) is 1.10. The number of aliphatic hydroxyl groups is 2. The van der Waals surface area contributed by atoms with Crippen molar-refractivity contribution in [2.45, 2.75) is 18.9 Å². The first-order valence-corrected chi connectivity index (χ1v) is 6.54. The Hall–Kier alpha value is -1.98. The molecule has 2 rings (SSSR count). The number of aliphatic hydroxyl groups excluding tert-OH is 2. The van der Waals surface area contributed by atoms with Gasteiger partial charge in [0.05, 0.1) is 29.8 Å². The molecule has 5 nitrogen and oxygen atoms in total. The van der Waals surface area contributed by atoms with Crippen molar-refractivity contribution in [3.63, 3.8) is 0 Å². The van der Waals surface area contributed by atoms with Crippen LogP contribution >= 0.6 is 0 Å². The fraction of sp³-hybridized carbons (Fsp3) is 0.333. The highest BCUT2D eigenvalue weighted by molar-refractivity contribution is 6.06. The number of nitrogens with zero attached hydrogens (tertiary/aromatic N) is 1. The monoisotopic (exact) mass is 274 g/mol. The molecule has 0 fully saturated rings. The lowest BCUT2D eigenvalue weighted by atomic mass is 9.97. The smallest absolute Gasteiger partial charge is 0.252 e. The highest BCUT2D eigenvalue weighted by atomic mass is 16.3. The molecule has 0 atom stereocenters. The number of hydrogen-bond donors (Lipinski definition) is 3. The van der Waals surface area contributed by atoms with E-state index in [9.17, 15) is 15.0 Å². The number of fused-ring (bicyclic) bond motifs is 1. The Morgan fingerprint density at radius 2 is 1.95 bits per heavy atom. The van der Waals surface area contributed by atoms with Crippen molar-refractivity contribution in [1.82, 2.24) is 10.3 Å². The Morgan fingerprint density at radius 3 is 2.60 bits per heavy atom. The van der Waals surface area contributed by atoms with Gasteiger partial charge in [0.15, 0.2) is 0 Å². The van der Waals surface area contributed by atoms with Gasteiger partial charge in [-0.2, -0.15) is 0 Å². The Morgan fingerprint density at radius 1 is 1.25 bits per heavy atom.